The van der Waals surface area contributed by atoms with E-state index < -0.39 is 5.60 Å². The van der Waals surface area contributed by atoms with Gasteiger partial charge in [0.15, 0.2) is 0 Å². The molecule has 1 saturated heterocycles. The molecule has 1 N–H and O–H groups in total. The Morgan fingerprint density at radius 2 is 1.70 bits per heavy atom. The molecule has 2 aliphatic rings. The number of amides is 1. The van der Waals surface area contributed by atoms with Crippen molar-refractivity contribution in [3.63, 3.8) is 0 Å². The highest BCUT2D eigenvalue weighted by atomic mass is 16.7. The molecule has 0 bridgehead atoms. The van der Waals surface area contributed by atoms with Crippen molar-refractivity contribution < 1.29 is 14.4 Å². The Morgan fingerprint density at radius 1 is 1.10 bits per heavy atom. The summed E-state index contributed by atoms with van der Waals surface area (Å²) in [4.78, 5) is 19.5. The lowest BCUT2D eigenvalue weighted by Gasteiger charge is -2.33. The summed E-state index contributed by atoms with van der Waals surface area (Å²) in [6.45, 7) is 7.17. The van der Waals surface area contributed by atoms with Gasteiger partial charge in [-0.1, -0.05) is 12.8 Å². The Morgan fingerprint density at radius 3 is 2.25 bits per heavy atom. The van der Waals surface area contributed by atoms with E-state index in [1.54, 1.807) is 4.90 Å². The van der Waals surface area contributed by atoms with Crippen molar-refractivity contribution in [3.8, 4) is 0 Å². The Hall–Kier alpha value is -0.810. The van der Waals surface area contributed by atoms with E-state index in [0.29, 0.717) is 12.1 Å². The zero-order chi connectivity index (χ0) is 14.6. The van der Waals surface area contributed by atoms with Crippen molar-refractivity contribution in [1.29, 1.82) is 0 Å². The van der Waals surface area contributed by atoms with Gasteiger partial charge < -0.3 is 9.64 Å². The molecule has 1 amide bonds. The summed E-state index contributed by atoms with van der Waals surface area (Å²) < 4.78 is 5.39. The highest BCUT2D eigenvalue weighted by molar-refractivity contribution is 5.68. The van der Waals surface area contributed by atoms with Crippen LogP contribution < -0.4 is 5.48 Å². The van der Waals surface area contributed by atoms with Crippen molar-refractivity contribution in [3.05, 3.63) is 0 Å². The normalized spacial score (nSPS) is 22.2. The maximum Gasteiger partial charge on any atom is 0.410 e. The summed E-state index contributed by atoms with van der Waals surface area (Å²) in [5, 5.41) is 0. The van der Waals surface area contributed by atoms with E-state index in [-0.39, 0.29) is 6.09 Å². The quantitative estimate of drug-likeness (QED) is 0.810. The third-order valence-electron chi connectivity index (χ3n) is 3.85. The Kier molecular flexibility index (Phi) is 5.27. The lowest BCUT2D eigenvalue weighted by molar-refractivity contribution is -0.0518. The van der Waals surface area contributed by atoms with Gasteiger partial charge in [-0.05, 0) is 46.5 Å². The first-order valence-corrected chi connectivity index (χ1v) is 7.83. The predicted octanol–water partition coefficient (Wildman–Crippen LogP) is 2.85. The van der Waals surface area contributed by atoms with Crippen LogP contribution in [-0.2, 0) is 9.57 Å². The Labute approximate surface area is 121 Å². The van der Waals surface area contributed by atoms with E-state index in [4.69, 9.17) is 9.57 Å². The molecule has 20 heavy (non-hydrogen) atoms. The minimum absolute atomic E-state index is 0.201. The highest BCUT2D eigenvalue weighted by Gasteiger charge is 2.27. The molecule has 2 rings (SSSR count). The van der Waals surface area contributed by atoms with Crippen LogP contribution in [0.3, 0.4) is 0 Å². The minimum atomic E-state index is -0.419. The number of nitrogens with zero attached hydrogens (tertiary/aromatic N) is 1. The van der Waals surface area contributed by atoms with E-state index in [9.17, 15) is 4.79 Å². The van der Waals surface area contributed by atoms with Crippen molar-refractivity contribution in [2.24, 2.45) is 0 Å². The number of nitrogens with one attached hydrogen (secondary N) is 1. The van der Waals surface area contributed by atoms with E-state index >= 15 is 0 Å². The average Bonchev–Trinajstić information content (AvgIpc) is 2.88. The second kappa shape index (κ2) is 6.76. The lowest BCUT2D eigenvalue weighted by atomic mass is 10.1. The molecular formula is C15H28N2O3. The molecule has 1 saturated carbocycles. The largest absolute Gasteiger partial charge is 0.444 e. The van der Waals surface area contributed by atoms with Crippen LogP contribution in [0.25, 0.3) is 0 Å². The lowest BCUT2D eigenvalue weighted by Crippen LogP contribution is -2.47. The average molecular weight is 284 g/mol. The SMILES string of the molecule is CC(C)(C)OC(=O)N1CCC(NOC2CCCC2)CC1. The molecule has 0 unspecified atom stereocenters. The van der Waals surface area contributed by atoms with Crippen LogP contribution in [0.4, 0.5) is 4.79 Å². The summed E-state index contributed by atoms with van der Waals surface area (Å²) in [5.41, 5.74) is 2.77. The zero-order valence-electron chi connectivity index (χ0n) is 13.0. The van der Waals surface area contributed by atoms with Crippen LogP contribution in [0.5, 0.6) is 0 Å². The number of hydrogen-bond acceptors (Lipinski definition) is 4. The molecule has 5 heteroatoms. The number of rotatable bonds is 3. The molecule has 1 aliphatic heterocycles. The van der Waals surface area contributed by atoms with E-state index in [1.165, 1.54) is 25.7 Å². The predicted molar refractivity (Wildman–Crippen MR) is 77.3 cm³/mol. The van der Waals surface area contributed by atoms with Gasteiger partial charge in [0.05, 0.1) is 6.10 Å². The van der Waals surface area contributed by atoms with Gasteiger partial charge in [-0.2, -0.15) is 5.48 Å². The number of likely N-dealkylation sites (tertiary alicyclic amines) is 1. The summed E-state index contributed by atoms with van der Waals surface area (Å²) >= 11 is 0. The summed E-state index contributed by atoms with van der Waals surface area (Å²) in [7, 11) is 0. The summed E-state index contributed by atoms with van der Waals surface area (Å²) in [5.74, 6) is 0. The molecule has 0 aromatic rings. The van der Waals surface area contributed by atoms with Gasteiger partial charge in [-0.15, -0.1) is 0 Å². The molecule has 0 aromatic heterocycles. The van der Waals surface area contributed by atoms with E-state index in [0.717, 1.165) is 25.9 Å². The van der Waals surface area contributed by atoms with E-state index in [1.807, 2.05) is 20.8 Å². The third kappa shape index (κ3) is 4.94. The monoisotopic (exact) mass is 284 g/mol. The number of ether oxygens (including phenoxy) is 1. The van der Waals surface area contributed by atoms with Gasteiger partial charge in [0, 0.05) is 19.1 Å². The molecule has 0 spiro atoms. The van der Waals surface area contributed by atoms with Crippen LogP contribution in [0.1, 0.15) is 59.3 Å². The van der Waals surface area contributed by atoms with Crippen LogP contribution in [-0.4, -0.2) is 41.8 Å². The zero-order valence-corrected chi connectivity index (χ0v) is 13.0. The van der Waals surface area contributed by atoms with Gasteiger partial charge in [-0.3, -0.25) is 4.84 Å². The number of piperidine rings is 1. The first-order chi connectivity index (χ1) is 9.44. The van der Waals surface area contributed by atoms with Crippen LogP contribution >= 0.6 is 0 Å². The number of hydroxylamine groups is 1. The Bertz CT molecular complexity index is 314. The molecule has 1 aliphatic carbocycles. The van der Waals surface area contributed by atoms with Gasteiger partial charge in [0.1, 0.15) is 5.60 Å². The molecule has 0 atom stereocenters. The molecule has 5 nitrogen and oxygen atoms in total. The van der Waals surface area contributed by atoms with Crippen molar-refractivity contribution in [2.75, 3.05) is 13.1 Å². The summed E-state index contributed by atoms with van der Waals surface area (Å²) in [6, 6.07) is 0.356. The standard InChI is InChI=1S/C15H28N2O3/c1-15(2,3)19-14(18)17-10-8-12(9-11-17)16-20-13-6-4-5-7-13/h12-13,16H,4-11H2,1-3H3. The van der Waals surface area contributed by atoms with Gasteiger partial charge in [0.2, 0.25) is 0 Å². The molecule has 1 heterocycles. The smallest absolute Gasteiger partial charge is 0.410 e. The topological polar surface area (TPSA) is 50.8 Å². The fourth-order valence-corrected chi connectivity index (χ4v) is 2.71. The van der Waals surface area contributed by atoms with Crippen molar-refractivity contribution in [1.82, 2.24) is 10.4 Å². The second-order valence-corrected chi connectivity index (χ2v) is 6.88. The molecule has 0 aromatic carbocycles. The Balaban J connectivity index is 1.65. The number of hydrogen-bond donors (Lipinski definition) is 1. The van der Waals surface area contributed by atoms with Crippen molar-refractivity contribution in [2.45, 2.75) is 77.0 Å². The molecule has 0 radical (unpaired) electrons. The first-order valence-electron chi connectivity index (χ1n) is 7.83. The van der Waals surface area contributed by atoms with Crippen LogP contribution in [0.2, 0.25) is 0 Å². The third-order valence-corrected chi connectivity index (χ3v) is 3.85. The number of carbonyl (C=O) groups excluding carboxylic acids is 1. The van der Waals surface area contributed by atoms with E-state index in [2.05, 4.69) is 5.48 Å². The van der Waals surface area contributed by atoms with Crippen LogP contribution in [0, 0.1) is 0 Å². The minimum Gasteiger partial charge on any atom is -0.444 e. The van der Waals surface area contributed by atoms with Gasteiger partial charge >= 0.3 is 6.09 Å². The maximum absolute atomic E-state index is 11.9. The number of carbonyl (C=O) groups is 1. The fraction of sp³-hybridized carbons (Fsp3) is 0.933. The molecule has 2 fully saturated rings. The van der Waals surface area contributed by atoms with Crippen LogP contribution in [0.15, 0.2) is 0 Å². The van der Waals surface area contributed by atoms with Crippen molar-refractivity contribution >= 4 is 6.09 Å². The highest BCUT2D eigenvalue weighted by Crippen LogP contribution is 2.21. The second-order valence-electron chi connectivity index (χ2n) is 6.88. The molecular weight excluding hydrogens is 256 g/mol. The van der Waals surface area contributed by atoms with Gasteiger partial charge in [-0.25, -0.2) is 4.79 Å². The van der Waals surface area contributed by atoms with Gasteiger partial charge in [0.25, 0.3) is 0 Å². The molecule has 116 valence electrons. The maximum atomic E-state index is 11.9. The summed E-state index contributed by atoms with van der Waals surface area (Å²) in [6.07, 6.45) is 6.93. The first kappa shape index (κ1) is 15.6. The fourth-order valence-electron chi connectivity index (χ4n) is 2.71.